The summed E-state index contributed by atoms with van der Waals surface area (Å²) < 4.78 is 4.53. The van der Waals surface area contributed by atoms with Crippen molar-refractivity contribution >= 4 is 23.3 Å². The number of methoxy groups -OCH3 is 1. The van der Waals surface area contributed by atoms with Crippen LogP contribution in [-0.4, -0.2) is 19.0 Å². The molecule has 0 bridgehead atoms. The Balaban J connectivity index is 3.09. The average Bonchev–Trinajstić information content (AvgIpc) is 2.26. The van der Waals surface area contributed by atoms with Crippen molar-refractivity contribution < 1.29 is 14.3 Å². The summed E-state index contributed by atoms with van der Waals surface area (Å²) >= 11 is 0. The highest BCUT2D eigenvalue weighted by Crippen LogP contribution is 2.22. The molecule has 6 heteroatoms. The molecule has 4 N–H and O–H groups in total. The molecular weight excluding hydrogens is 210 g/mol. The Hall–Kier alpha value is -2.08. The monoisotopic (exact) mass is 223 g/mol. The molecule has 1 aromatic carbocycles. The summed E-state index contributed by atoms with van der Waals surface area (Å²) in [5, 5.41) is 0.913. The minimum absolute atomic E-state index is 0.237. The molecule has 0 saturated carbocycles. The zero-order valence-electron chi connectivity index (χ0n) is 9.06. The van der Waals surface area contributed by atoms with Crippen LogP contribution in [0.4, 0.5) is 11.4 Å². The van der Waals surface area contributed by atoms with Crippen LogP contribution in [0.3, 0.4) is 0 Å². The number of amides is 1. The first-order chi connectivity index (χ1) is 7.47. The van der Waals surface area contributed by atoms with E-state index < -0.39 is 5.97 Å². The van der Waals surface area contributed by atoms with Crippen molar-refractivity contribution in [1.29, 1.82) is 0 Å². The Kier molecular flexibility index (Phi) is 3.47. The fraction of sp³-hybridized carbons (Fsp3) is 0.200. The van der Waals surface area contributed by atoms with Gasteiger partial charge in [-0.25, -0.2) is 15.6 Å². The SMILES string of the molecule is COC(=O)c1ccc(N(N)C(C)=O)c(N)c1. The van der Waals surface area contributed by atoms with Crippen LogP contribution in [0.1, 0.15) is 17.3 Å². The van der Waals surface area contributed by atoms with Crippen LogP contribution in [-0.2, 0) is 9.53 Å². The maximum atomic E-state index is 11.2. The third-order valence-electron chi connectivity index (χ3n) is 2.05. The number of hydrogen-bond acceptors (Lipinski definition) is 5. The molecule has 0 heterocycles. The zero-order chi connectivity index (χ0) is 12.3. The molecule has 0 fully saturated rings. The van der Waals surface area contributed by atoms with Gasteiger partial charge in [0, 0.05) is 6.92 Å². The highest BCUT2D eigenvalue weighted by atomic mass is 16.5. The maximum Gasteiger partial charge on any atom is 0.337 e. The number of nitrogens with two attached hydrogens (primary N) is 2. The normalized spacial score (nSPS) is 9.69. The number of hydrogen-bond donors (Lipinski definition) is 2. The lowest BCUT2D eigenvalue weighted by Gasteiger charge is -2.16. The molecule has 0 spiro atoms. The van der Waals surface area contributed by atoms with E-state index in [1.807, 2.05) is 0 Å². The zero-order valence-corrected chi connectivity index (χ0v) is 9.06. The molecule has 16 heavy (non-hydrogen) atoms. The first-order valence-corrected chi connectivity index (χ1v) is 4.50. The van der Waals surface area contributed by atoms with Crippen molar-refractivity contribution in [2.75, 3.05) is 17.9 Å². The number of rotatable bonds is 2. The van der Waals surface area contributed by atoms with Crippen molar-refractivity contribution in [3.05, 3.63) is 23.8 Å². The molecule has 0 atom stereocenters. The summed E-state index contributed by atoms with van der Waals surface area (Å²) in [7, 11) is 1.28. The lowest BCUT2D eigenvalue weighted by molar-refractivity contribution is -0.116. The number of ether oxygens (including phenoxy) is 1. The first-order valence-electron chi connectivity index (χ1n) is 4.50. The topological polar surface area (TPSA) is 98.6 Å². The van der Waals surface area contributed by atoms with E-state index >= 15 is 0 Å². The van der Waals surface area contributed by atoms with Gasteiger partial charge in [-0.05, 0) is 18.2 Å². The van der Waals surface area contributed by atoms with Crippen molar-refractivity contribution in [1.82, 2.24) is 0 Å². The van der Waals surface area contributed by atoms with Gasteiger partial charge in [0.1, 0.15) is 0 Å². The van der Waals surface area contributed by atoms with Gasteiger partial charge in [0.2, 0.25) is 5.91 Å². The summed E-state index contributed by atoms with van der Waals surface area (Å²) in [4.78, 5) is 22.2. The van der Waals surface area contributed by atoms with Crippen LogP contribution < -0.4 is 16.6 Å². The van der Waals surface area contributed by atoms with E-state index in [4.69, 9.17) is 11.6 Å². The predicted octanol–water partition coefficient (Wildman–Crippen LogP) is 0.282. The lowest BCUT2D eigenvalue weighted by Crippen LogP contribution is -2.36. The van der Waals surface area contributed by atoms with Gasteiger partial charge in [-0.15, -0.1) is 0 Å². The first kappa shape index (κ1) is 12.0. The number of benzene rings is 1. The fourth-order valence-electron chi connectivity index (χ4n) is 1.19. The largest absolute Gasteiger partial charge is 0.465 e. The second-order valence-corrected chi connectivity index (χ2v) is 3.15. The summed E-state index contributed by atoms with van der Waals surface area (Å²) in [6.07, 6.45) is 0. The molecule has 0 saturated heterocycles. The molecule has 6 nitrogen and oxygen atoms in total. The molecule has 0 aliphatic heterocycles. The lowest BCUT2D eigenvalue weighted by atomic mass is 10.1. The van der Waals surface area contributed by atoms with E-state index in [0.717, 1.165) is 5.01 Å². The minimum Gasteiger partial charge on any atom is -0.465 e. The molecule has 1 amide bonds. The van der Waals surface area contributed by atoms with Gasteiger partial charge in [-0.3, -0.25) is 4.79 Å². The van der Waals surface area contributed by atoms with Crippen molar-refractivity contribution in [2.24, 2.45) is 5.84 Å². The van der Waals surface area contributed by atoms with Crippen LogP contribution in [0.2, 0.25) is 0 Å². The third-order valence-corrected chi connectivity index (χ3v) is 2.05. The van der Waals surface area contributed by atoms with Crippen LogP contribution >= 0.6 is 0 Å². The van der Waals surface area contributed by atoms with E-state index in [0.29, 0.717) is 11.3 Å². The quantitative estimate of drug-likeness (QED) is 0.247. The second kappa shape index (κ2) is 4.63. The van der Waals surface area contributed by atoms with E-state index in [-0.39, 0.29) is 11.6 Å². The Labute approximate surface area is 92.7 Å². The number of carbonyl (C=O) groups excluding carboxylic acids is 2. The number of carbonyl (C=O) groups is 2. The van der Waals surface area contributed by atoms with Gasteiger partial charge in [0.15, 0.2) is 0 Å². The van der Waals surface area contributed by atoms with Gasteiger partial charge in [-0.1, -0.05) is 0 Å². The number of anilines is 2. The Morgan fingerprint density at radius 3 is 2.44 bits per heavy atom. The molecular formula is C10H13N3O3. The Bertz CT molecular complexity index is 431. The molecule has 1 aromatic rings. The molecule has 86 valence electrons. The van der Waals surface area contributed by atoms with E-state index in [1.165, 1.54) is 32.2 Å². The molecule has 0 radical (unpaired) electrons. The Morgan fingerprint density at radius 2 is 2.00 bits per heavy atom. The Morgan fingerprint density at radius 1 is 1.38 bits per heavy atom. The van der Waals surface area contributed by atoms with E-state index in [1.54, 1.807) is 0 Å². The molecule has 0 aromatic heterocycles. The second-order valence-electron chi connectivity index (χ2n) is 3.15. The smallest absolute Gasteiger partial charge is 0.337 e. The van der Waals surface area contributed by atoms with Gasteiger partial charge < -0.3 is 10.5 Å². The minimum atomic E-state index is -0.496. The van der Waals surface area contributed by atoms with Crippen molar-refractivity contribution in [3.63, 3.8) is 0 Å². The summed E-state index contributed by atoms with van der Waals surface area (Å²) in [6, 6.07) is 4.38. The molecule has 1 rings (SSSR count). The fourth-order valence-corrected chi connectivity index (χ4v) is 1.19. The van der Waals surface area contributed by atoms with Crippen LogP contribution in [0.15, 0.2) is 18.2 Å². The van der Waals surface area contributed by atoms with Crippen molar-refractivity contribution in [2.45, 2.75) is 6.92 Å². The van der Waals surface area contributed by atoms with Crippen LogP contribution in [0, 0.1) is 0 Å². The highest BCUT2D eigenvalue weighted by Gasteiger charge is 2.13. The number of nitrogens with zero attached hydrogens (tertiary/aromatic N) is 1. The molecule has 0 unspecified atom stereocenters. The molecule has 0 aliphatic rings. The van der Waals surface area contributed by atoms with Crippen LogP contribution in [0.25, 0.3) is 0 Å². The summed E-state index contributed by atoms with van der Waals surface area (Å²) in [6.45, 7) is 1.31. The number of hydrazine groups is 1. The average molecular weight is 223 g/mol. The van der Waals surface area contributed by atoms with Gasteiger partial charge in [0.25, 0.3) is 0 Å². The van der Waals surface area contributed by atoms with Gasteiger partial charge in [0.05, 0.1) is 24.0 Å². The number of esters is 1. The standard InChI is InChI=1S/C10H13N3O3/c1-6(14)13(12)9-4-3-7(5-8(9)11)10(15)16-2/h3-5H,11-12H2,1-2H3. The van der Waals surface area contributed by atoms with Crippen LogP contribution in [0.5, 0.6) is 0 Å². The van der Waals surface area contributed by atoms with E-state index in [2.05, 4.69) is 4.74 Å². The number of nitrogen functional groups attached to an aromatic ring is 1. The maximum absolute atomic E-state index is 11.2. The third kappa shape index (κ3) is 2.29. The van der Waals surface area contributed by atoms with Crippen molar-refractivity contribution in [3.8, 4) is 0 Å². The van der Waals surface area contributed by atoms with Gasteiger partial charge in [-0.2, -0.15) is 0 Å². The summed E-state index contributed by atoms with van der Waals surface area (Å²) in [5.41, 5.74) is 6.56. The summed E-state index contributed by atoms with van der Waals surface area (Å²) in [5.74, 6) is 4.64. The predicted molar refractivity (Wildman–Crippen MR) is 59.5 cm³/mol. The van der Waals surface area contributed by atoms with E-state index in [9.17, 15) is 9.59 Å². The highest BCUT2D eigenvalue weighted by molar-refractivity contribution is 5.96. The molecule has 0 aliphatic carbocycles. The van der Waals surface area contributed by atoms with Gasteiger partial charge >= 0.3 is 5.97 Å².